The van der Waals surface area contributed by atoms with Crippen molar-refractivity contribution in [2.24, 2.45) is 0 Å². The van der Waals surface area contributed by atoms with Gasteiger partial charge in [0.1, 0.15) is 11.3 Å². The van der Waals surface area contributed by atoms with Crippen LogP contribution < -0.4 is 5.32 Å². The SMILES string of the molecule is Cc1ccc2oc(C3CCCN3)cc2c1. The first-order valence-electron chi connectivity index (χ1n) is 5.56. The van der Waals surface area contributed by atoms with Crippen LogP contribution >= 0.6 is 0 Å². The van der Waals surface area contributed by atoms with Gasteiger partial charge in [0.2, 0.25) is 0 Å². The lowest BCUT2D eigenvalue weighted by Crippen LogP contribution is -2.11. The molecule has 78 valence electrons. The fourth-order valence-corrected chi connectivity index (χ4v) is 2.28. The Balaban J connectivity index is 2.05. The number of hydrogen-bond donors (Lipinski definition) is 1. The van der Waals surface area contributed by atoms with E-state index in [1.165, 1.54) is 23.8 Å². The predicted molar refractivity (Wildman–Crippen MR) is 60.9 cm³/mol. The Morgan fingerprint density at radius 3 is 3.07 bits per heavy atom. The lowest BCUT2D eigenvalue weighted by atomic mass is 10.1. The Hall–Kier alpha value is -1.28. The van der Waals surface area contributed by atoms with Gasteiger partial charge in [-0.25, -0.2) is 0 Å². The van der Waals surface area contributed by atoms with E-state index in [-0.39, 0.29) is 0 Å². The molecule has 2 heteroatoms. The number of hydrogen-bond acceptors (Lipinski definition) is 2. The summed E-state index contributed by atoms with van der Waals surface area (Å²) < 4.78 is 5.84. The Bertz CT molecular complexity index is 480. The van der Waals surface area contributed by atoms with Crippen LogP contribution in [0.5, 0.6) is 0 Å². The van der Waals surface area contributed by atoms with Crippen LogP contribution in [0, 0.1) is 6.92 Å². The second-order valence-electron chi connectivity index (χ2n) is 4.34. The maximum Gasteiger partial charge on any atom is 0.134 e. The third-order valence-corrected chi connectivity index (χ3v) is 3.09. The van der Waals surface area contributed by atoms with E-state index < -0.39 is 0 Å². The van der Waals surface area contributed by atoms with Crippen LogP contribution in [0.1, 0.15) is 30.2 Å². The smallest absolute Gasteiger partial charge is 0.134 e. The summed E-state index contributed by atoms with van der Waals surface area (Å²) in [7, 11) is 0. The molecule has 0 spiro atoms. The number of nitrogens with one attached hydrogen (secondary N) is 1. The highest BCUT2D eigenvalue weighted by molar-refractivity contribution is 5.78. The Morgan fingerprint density at radius 2 is 2.27 bits per heavy atom. The van der Waals surface area contributed by atoms with Crippen molar-refractivity contribution in [3.63, 3.8) is 0 Å². The first kappa shape index (κ1) is 8.98. The van der Waals surface area contributed by atoms with Gasteiger partial charge in [-0.05, 0) is 44.5 Å². The summed E-state index contributed by atoms with van der Waals surface area (Å²) >= 11 is 0. The maximum atomic E-state index is 5.84. The van der Waals surface area contributed by atoms with Crippen LogP contribution in [0.25, 0.3) is 11.0 Å². The summed E-state index contributed by atoms with van der Waals surface area (Å²) in [5.74, 6) is 1.09. The van der Waals surface area contributed by atoms with Gasteiger partial charge < -0.3 is 9.73 Å². The van der Waals surface area contributed by atoms with E-state index >= 15 is 0 Å². The van der Waals surface area contributed by atoms with Crippen LogP contribution in [-0.4, -0.2) is 6.54 Å². The summed E-state index contributed by atoms with van der Waals surface area (Å²) in [6.45, 7) is 3.22. The standard InChI is InChI=1S/C13H15NO/c1-9-4-5-12-10(7-9)8-13(15-12)11-3-2-6-14-11/h4-5,7-8,11,14H,2-3,6H2,1H3. The molecule has 1 atom stereocenters. The predicted octanol–water partition coefficient (Wildman–Crippen LogP) is 3.17. The fraction of sp³-hybridized carbons (Fsp3) is 0.385. The molecule has 1 unspecified atom stereocenters. The lowest BCUT2D eigenvalue weighted by molar-refractivity contribution is 0.471. The van der Waals surface area contributed by atoms with Crippen LogP contribution in [0.2, 0.25) is 0 Å². The van der Waals surface area contributed by atoms with Gasteiger partial charge in [-0.1, -0.05) is 11.6 Å². The summed E-state index contributed by atoms with van der Waals surface area (Å²) in [4.78, 5) is 0. The second kappa shape index (κ2) is 3.38. The minimum atomic E-state index is 0.428. The van der Waals surface area contributed by atoms with Crippen molar-refractivity contribution in [3.05, 3.63) is 35.6 Å². The van der Waals surface area contributed by atoms with E-state index in [2.05, 4.69) is 36.5 Å². The number of benzene rings is 1. The summed E-state index contributed by atoms with van der Waals surface area (Å²) in [6.07, 6.45) is 2.44. The molecule has 1 fully saturated rings. The van der Waals surface area contributed by atoms with E-state index in [1.54, 1.807) is 0 Å². The molecule has 1 N–H and O–H groups in total. The number of aryl methyl sites for hydroxylation is 1. The normalized spacial score (nSPS) is 21.3. The number of fused-ring (bicyclic) bond motifs is 1. The van der Waals surface area contributed by atoms with Crippen molar-refractivity contribution in [1.29, 1.82) is 0 Å². The summed E-state index contributed by atoms with van der Waals surface area (Å²) in [6, 6.07) is 8.93. The fourth-order valence-electron chi connectivity index (χ4n) is 2.28. The molecule has 0 bridgehead atoms. The lowest BCUT2D eigenvalue weighted by Gasteiger charge is -2.04. The quantitative estimate of drug-likeness (QED) is 0.766. The molecule has 1 aromatic heterocycles. The average molecular weight is 201 g/mol. The number of rotatable bonds is 1. The molecule has 1 saturated heterocycles. The zero-order valence-electron chi connectivity index (χ0n) is 8.92. The molecular weight excluding hydrogens is 186 g/mol. The third-order valence-electron chi connectivity index (χ3n) is 3.09. The molecule has 15 heavy (non-hydrogen) atoms. The molecule has 1 aromatic carbocycles. The molecule has 1 aliphatic rings. The van der Waals surface area contributed by atoms with E-state index in [1.807, 2.05) is 0 Å². The zero-order valence-corrected chi connectivity index (χ0v) is 8.92. The highest BCUT2D eigenvalue weighted by atomic mass is 16.3. The van der Waals surface area contributed by atoms with Gasteiger partial charge >= 0.3 is 0 Å². The molecule has 0 aliphatic carbocycles. The van der Waals surface area contributed by atoms with Gasteiger partial charge in [-0.15, -0.1) is 0 Å². The molecule has 2 nitrogen and oxygen atoms in total. The first-order valence-corrected chi connectivity index (χ1v) is 5.56. The highest BCUT2D eigenvalue weighted by Gasteiger charge is 2.19. The third kappa shape index (κ3) is 1.55. The average Bonchev–Trinajstić information content (AvgIpc) is 2.84. The van der Waals surface area contributed by atoms with E-state index in [9.17, 15) is 0 Å². The second-order valence-corrected chi connectivity index (χ2v) is 4.34. The van der Waals surface area contributed by atoms with Crippen LogP contribution in [-0.2, 0) is 0 Å². The van der Waals surface area contributed by atoms with E-state index in [0.29, 0.717) is 6.04 Å². The molecule has 0 radical (unpaired) electrons. The van der Waals surface area contributed by atoms with Crippen molar-refractivity contribution in [2.75, 3.05) is 6.54 Å². The van der Waals surface area contributed by atoms with Gasteiger partial charge in [0.25, 0.3) is 0 Å². The molecule has 0 saturated carbocycles. The van der Waals surface area contributed by atoms with Crippen molar-refractivity contribution in [2.45, 2.75) is 25.8 Å². The monoisotopic (exact) mass is 201 g/mol. The van der Waals surface area contributed by atoms with Gasteiger partial charge in [-0.3, -0.25) is 0 Å². The Morgan fingerprint density at radius 1 is 1.33 bits per heavy atom. The van der Waals surface area contributed by atoms with Gasteiger partial charge in [0.15, 0.2) is 0 Å². The van der Waals surface area contributed by atoms with Gasteiger partial charge in [-0.2, -0.15) is 0 Å². The van der Waals surface area contributed by atoms with E-state index in [4.69, 9.17) is 4.42 Å². The zero-order chi connectivity index (χ0) is 10.3. The highest BCUT2D eigenvalue weighted by Crippen LogP contribution is 2.29. The largest absolute Gasteiger partial charge is 0.459 e. The van der Waals surface area contributed by atoms with Gasteiger partial charge in [0, 0.05) is 5.39 Å². The maximum absolute atomic E-state index is 5.84. The molecule has 3 rings (SSSR count). The van der Waals surface area contributed by atoms with Crippen LogP contribution in [0.3, 0.4) is 0 Å². The van der Waals surface area contributed by atoms with Crippen molar-refractivity contribution in [3.8, 4) is 0 Å². The Kier molecular flexibility index (Phi) is 2.03. The van der Waals surface area contributed by atoms with Crippen molar-refractivity contribution in [1.82, 2.24) is 5.32 Å². The van der Waals surface area contributed by atoms with E-state index in [0.717, 1.165) is 17.9 Å². The molecule has 2 heterocycles. The summed E-state index contributed by atoms with van der Waals surface area (Å²) in [5.41, 5.74) is 2.29. The molecule has 2 aromatic rings. The molecule has 1 aliphatic heterocycles. The topological polar surface area (TPSA) is 25.2 Å². The van der Waals surface area contributed by atoms with Crippen molar-refractivity contribution < 1.29 is 4.42 Å². The van der Waals surface area contributed by atoms with Crippen LogP contribution in [0.15, 0.2) is 28.7 Å². The first-order chi connectivity index (χ1) is 7.33. The minimum absolute atomic E-state index is 0.428. The minimum Gasteiger partial charge on any atom is -0.459 e. The van der Waals surface area contributed by atoms with Gasteiger partial charge in [0.05, 0.1) is 6.04 Å². The Labute approximate surface area is 89.3 Å². The summed E-state index contributed by atoms with van der Waals surface area (Å²) in [5, 5.41) is 4.68. The molecule has 0 amide bonds. The van der Waals surface area contributed by atoms with Crippen LogP contribution in [0.4, 0.5) is 0 Å². The van der Waals surface area contributed by atoms with Crippen molar-refractivity contribution >= 4 is 11.0 Å². The molecular formula is C13H15NO. The number of furan rings is 1.